The molecule has 1 N–H and O–H groups in total. The zero-order chi connectivity index (χ0) is 20.5. The number of thiazole rings is 1. The van der Waals surface area contributed by atoms with E-state index in [4.69, 9.17) is 9.40 Å². The molecule has 1 amide bonds. The van der Waals surface area contributed by atoms with Gasteiger partial charge in [0, 0.05) is 5.39 Å². The van der Waals surface area contributed by atoms with Gasteiger partial charge < -0.3 is 9.73 Å². The molecule has 0 bridgehead atoms. The Labute approximate surface area is 179 Å². The van der Waals surface area contributed by atoms with Gasteiger partial charge in [-0.15, -0.1) is 11.3 Å². The Morgan fingerprint density at radius 3 is 2.93 bits per heavy atom. The Hall–Kier alpha value is -2.70. The first kappa shape index (κ1) is 19.3. The maximum absolute atomic E-state index is 12.8. The second-order valence-corrected chi connectivity index (χ2v) is 9.04. The molecule has 0 unspecified atom stereocenters. The Kier molecular flexibility index (Phi) is 5.27. The van der Waals surface area contributed by atoms with Crippen LogP contribution in [0.4, 0.5) is 0 Å². The molecule has 4 aromatic rings. The predicted octanol–water partition coefficient (Wildman–Crippen LogP) is 5.45. The van der Waals surface area contributed by atoms with Crippen LogP contribution in [0.2, 0.25) is 0 Å². The van der Waals surface area contributed by atoms with E-state index in [0.29, 0.717) is 6.54 Å². The third-order valence-corrected chi connectivity index (χ3v) is 6.94. The summed E-state index contributed by atoms with van der Waals surface area (Å²) in [5.74, 6) is 0.807. The predicted molar refractivity (Wildman–Crippen MR) is 121 cm³/mol. The van der Waals surface area contributed by atoms with Crippen molar-refractivity contribution >= 4 is 38.4 Å². The first-order chi connectivity index (χ1) is 14.7. The summed E-state index contributed by atoms with van der Waals surface area (Å²) in [7, 11) is 0. The number of amides is 1. The molecule has 5 rings (SSSR count). The molecule has 1 aliphatic heterocycles. The lowest BCUT2D eigenvalue weighted by atomic mass is 10.0. The summed E-state index contributed by atoms with van der Waals surface area (Å²) in [5.41, 5.74) is 1.89. The quantitative estimate of drug-likeness (QED) is 0.467. The number of carbonyl (C=O) groups is 1. The molecule has 0 spiro atoms. The Balaban J connectivity index is 1.28. The smallest absolute Gasteiger partial charge is 0.234 e. The molecule has 154 valence electrons. The van der Waals surface area contributed by atoms with Gasteiger partial charge in [0.2, 0.25) is 5.91 Å². The number of hydrogen-bond donors (Lipinski definition) is 1. The van der Waals surface area contributed by atoms with Crippen LogP contribution >= 0.6 is 11.3 Å². The molecule has 0 saturated carbocycles. The van der Waals surface area contributed by atoms with E-state index in [1.165, 1.54) is 11.1 Å². The van der Waals surface area contributed by atoms with E-state index < -0.39 is 0 Å². The monoisotopic (exact) mass is 419 g/mol. The fourth-order valence-electron chi connectivity index (χ4n) is 4.25. The van der Waals surface area contributed by atoms with Crippen molar-refractivity contribution in [1.82, 2.24) is 15.2 Å². The van der Waals surface area contributed by atoms with Crippen molar-refractivity contribution in [1.29, 1.82) is 0 Å². The molecule has 1 aliphatic rings. The number of aromatic nitrogens is 1. The van der Waals surface area contributed by atoms with Crippen LogP contribution in [0.25, 0.3) is 21.2 Å². The highest BCUT2D eigenvalue weighted by Crippen LogP contribution is 2.35. The van der Waals surface area contributed by atoms with Gasteiger partial charge in [-0.05, 0) is 50.6 Å². The minimum atomic E-state index is -0.171. The lowest BCUT2D eigenvalue weighted by Gasteiger charge is -2.34. The van der Waals surface area contributed by atoms with Crippen LogP contribution in [0.5, 0.6) is 0 Å². The van der Waals surface area contributed by atoms with Crippen LogP contribution in [0.15, 0.2) is 59.0 Å². The van der Waals surface area contributed by atoms with Crippen molar-refractivity contribution < 1.29 is 9.21 Å². The third-order valence-electron chi connectivity index (χ3n) is 5.80. The maximum atomic E-state index is 12.8. The van der Waals surface area contributed by atoms with Gasteiger partial charge >= 0.3 is 0 Å². The average molecular weight is 420 g/mol. The van der Waals surface area contributed by atoms with Crippen molar-refractivity contribution in [2.45, 2.75) is 38.3 Å². The molecular weight excluding hydrogens is 394 g/mol. The van der Waals surface area contributed by atoms with E-state index in [-0.39, 0.29) is 18.0 Å². The third kappa shape index (κ3) is 3.85. The highest BCUT2D eigenvalue weighted by atomic mass is 32.1. The van der Waals surface area contributed by atoms with Crippen LogP contribution < -0.4 is 5.32 Å². The first-order valence-corrected chi connectivity index (χ1v) is 11.4. The van der Waals surface area contributed by atoms with Crippen molar-refractivity contribution in [3.8, 4) is 0 Å². The topological polar surface area (TPSA) is 58.4 Å². The Morgan fingerprint density at radius 1 is 1.23 bits per heavy atom. The number of para-hydroxylation sites is 2. The fourth-order valence-corrected chi connectivity index (χ4v) is 5.39. The SMILES string of the molecule is C[C@@H](NC(=O)CN1CCCC[C@H]1c1nc2ccccc2s1)c1cc2ccccc2o1. The summed E-state index contributed by atoms with van der Waals surface area (Å²) in [5, 5.41) is 5.29. The number of likely N-dealkylation sites (tertiary alicyclic amines) is 1. The van der Waals surface area contributed by atoms with Crippen LogP contribution in [-0.2, 0) is 4.79 Å². The van der Waals surface area contributed by atoms with Crippen LogP contribution in [-0.4, -0.2) is 28.9 Å². The zero-order valence-electron chi connectivity index (χ0n) is 17.0. The van der Waals surface area contributed by atoms with Crippen LogP contribution in [0.3, 0.4) is 0 Å². The van der Waals surface area contributed by atoms with E-state index >= 15 is 0 Å². The lowest BCUT2D eigenvalue weighted by molar-refractivity contribution is -0.124. The van der Waals surface area contributed by atoms with Gasteiger partial charge in [-0.3, -0.25) is 9.69 Å². The molecule has 2 aromatic heterocycles. The van der Waals surface area contributed by atoms with Gasteiger partial charge in [0.1, 0.15) is 16.4 Å². The standard InChI is InChI=1S/C24H25N3O2S/c1-16(21-14-17-8-2-4-11-20(17)29-21)25-23(28)15-27-13-7-6-10-19(27)24-26-18-9-3-5-12-22(18)30-24/h2-5,8-9,11-12,14,16,19H,6-7,10,13,15H2,1H3,(H,25,28)/t16-,19+/m1/s1. The highest BCUT2D eigenvalue weighted by molar-refractivity contribution is 7.18. The summed E-state index contributed by atoms with van der Waals surface area (Å²) in [6.07, 6.45) is 3.34. The Bertz CT molecular complexity index is 1120. The van der Waals surface area contributed by atoms with E-state index in [2.05, 4.69) is 28.4 Å². The summed E-state index contributed by atoms with van der Waals surface area (Å²) < 4.78 is 7.12. The summed E-state index contributed by atoms with van der Waals surface area (Å²) in [6.45, 7) is 3.27. The van der Waals surface area contributed by atoms with E-state index in [1.807, 2.05) is 43.3 Å². The van der Waals surface area contributed by atoms with E-state index in [0.717, 1.165) is 46.6 Å². The van der Waals surface area contributed by atoms with E-state index in [1.54, 1.807) is 11.3 Å². The van der Waals surface area contributed by atoms with Crippen molar-refractivity contribution in [3.05, 3.63) is 65.4 Å². The summed E-state index contributed by atoms with van der Waals surface area (Å²) in [4.78, 5) is 20.0. The molecule has 1 saturated heterocycles. The van der Waals surface area contributed by atoms with Crippen molar-refractivity contribution in [2.24, 2.45) is 0 Å². The Morgan fingerprint density at radius 2 is 2.07 bits per heavy atom. The number of carbonyl (C=O) groups excluding carboxylic acids is 1. The van der Waals surface area contributed by atoms with Gasteiger partial charge in [-0.25, -0.2) is 4.98 Å². The number of furan rings is 1. The molecule has 6 heteroatoms. The van der Waals surface area contributed by atoms with Gasteiger partial charge in [0.05, 0.1) is 28.8 Å². The highest BCUT2D eigenvalue weighted by Gasteiger charge is 2.28. The molecule has 30 heavy (non-hydrogen) atoms. The first-order valence-electron chi connectivity index (χ1n) is 10.5. The number of rotatable bonds is 5. The molecule has 0 radical (unpaired) electrons. The molecule has 1 fully saturated rings. The second kappa shape index (κ2) is 8.20. The van der Waals surface area contributed by atoms with E-state index in [9.17, 15) is 4.79 Å². The largest absolute Gasteiger partial charge is 0.459 e. The number of nitrogens with one attached hydrogen (secondary N) is 1. The normalized spacial score (nSPS) is 18.6. The van der Waals surface area contributed by atoms with Crippen LogP contribution in [0.1, 0.15) is 49.0 Å². The summed E-state index contributed by atoms with van der Waals surface area (Å²) >= 11 is 1.75. The summed E-state index contributed by atoms with van der Waals surface area (Å²) in [6, 6.07) is 18.2. The van der Waals surface area contributed by atoms with Gasteiger partial charge in [0.15, 0.2) is 0 Å². The molecule has 2 atom stereocenters. The number of nitrogens with zero attached hydrogens (tertiary/aromatic N) is 2. The van der Waals surface area contributed by atoms with Crippen molar-refractivity contribution in [2.75, 3.05) is 13.1 Å². The van der Waals surface area contributed by atoms with Gasteiger partial charge in [0.25, 0.3) is 0 Å². The number of benzene rings is 2. The lowest BCUT2D eigenvalue weighted by Crippen LogP contribution is -2.42. The van der Waals surface area contributed by atoms with Gasteiger partial charge in [-0.1, -0.05) is 36.8 Å². The van der Waals surface area contributed by atoms with Crippen LogP contribution in [0, 0.1) is 0 Å². The molecule has 3 heterocycles. The maximum Gasteiger partial charge on any atom is 0.234 e. The fraction of sp³-hybridized carbons (Fsp3) is 0.333. The molecule has 2 aromatic carbocycles. The number of hydrogen-bond acceptors (Lipinski definition) is 5. The molecule has 0 aliphatic carbocycles. The second-order valence-electron chi connectivity index (χ2n) is 7.98. The number of fused-ring (bicyclic) bond motifs is 2. The molecule has 5 nitrogen and oxygen atoms in total. The molecular formula is C24H25N3O2S. The minimum absolute atomic E-state index is 0.0240. The van der Waals surface area contributed by atoms with Crippen molar-refractivity contribution in [3.63, 3.8) is 0 Å². The average Bonchev–Trinajstić information content (AvgIpc) is 3.38. The number of piperidine rings is 1. The minimum Gasteiger partial charge on any atom is -0.459 e. The van der Waals surface area contributed by atoms with Gasteiger partial charge in [-0.2, -0.15) is 0 Å². The zero-order valence-corrected chi connectivity index (χ0v) is 17.8.